The molecule has 4 nitrogen and oxygen atoms in total. The maximum atomic E-state index is 11.9. The van der Waals surface area contributed by atoms with Crippen molar-refractivity contribution in [2.24, 2.45) is 5.92 Å². The zero-order valence-corrected chi connectivity index (χ0v) is 15.5. The molecule has 0 spiro atoms. The minimum atomic E-state index is -3.24. The van der Waals surface area contributed by atoms with Crippen LogP contribution in [0.2, 0.25) is 5.02 Å². The van der Waals surface area contributed by atoms with E-state index in [1.807, 2.05) is 0 Å². The second kappa shape index (κ2) is 7.18. The van der Waals surface area contributed by atoms with Gasteiger partial charge in [-0.3, -0.25) is 4.79 Å². The number of rotatable bonds is 4. The molecule has 1 aliphatic carbocycles. The maximum absolute atomic E-state index is 11.9. The fourth-order valence-electron chi connectivity index (χ4n) is 3.20. The summed E-state index contributed by atoms with van der Waals surface area (Å²) < 4.78 is 23.3. The lowest BCUT2D eigenvalue weighted by molar-refractivity contribution is 0.602. The summed E-state index contributed by atoms with van der Waals surface area (Å²) in [5, 5.41) is 0.149. The van der Waals surface area contributed by atoms with Crippen LogP contribution in [0.3, 0.4) is 0 Å². The second-order valence-corrected chi connectivity index (χ2v) is 8.89. The molecule has 1 N–H and O–H groups in total. The molecule has 0 unspecified atom stereocenters. The van der Waals surface area contributed by atoms with Crippen LogP contribution < -0.4 is 5.56 Å². The summed E-state index contributed by atoms with van der Waals surface area (Å²) in [6.45, 7) is 0. The lowest BCUT2D eigenvalue weighted by Gasteiger charge is -2.12. The summed E-state index contributed by atoms with van der Waals surface area (Å²) in [5.74, 6) is 0.462. The van der Waals surface area contributed by atoms with Crippen molar-refractivity contribution in [3.05, 3.63) is 69.1 Å². The molecule has 1 aromatic heterocycles. The Morgan fingerprint density at radius 2 is 1.76 bits per heavy atom. The van der Waals surface area contributed by atoms with Crippen LogP contribution in [0.1, 0.15) is 36.9 Å². The van der Waals surface area contributed by atoms with Crippen LogP contribution in [0.25, 0.3) is 5.57 Å². The van der Waals surface area contributed by atoms with Gasteiger partial charge >= 0.3 is 0 Å². The van der Waals surface area contributed by atoms with Crippen molar-refractivity contribution in [1.29, 1.82) is 0 Å². The van der Waals surface area contributed by atoms with E-state index in [0.29, 0.717) is 11.6 Å². The van der Waals surface area contributed by atoms with Gasteiger partial charge in [0.25, 0.3) is 5.56 Å². The Bertz CT molecular complexity index is 953. The fourth-order valence-corrected chi connectivity index (χ4v) is 3.94. The first-order valence-corrected chi connectivity index (χ1v) is 10.5. The van der Waals surface area contributed by atoms with Gasteiger partial charge in [0, 0.05) is 17.5 Å². The normalized spacial score (nSPS) is 16.3. The van der Waals surface area contributed by atoms with Crippen molar-refractivity contribution in [2.45, 2.75) is 30.6 Å². The van der Waals surface area contributed by atoms with Crippen molar-refractivity contribution in [3.8, 4) is 0 Å². The molecule has 0 aliphatic heterocycles. The van der Waals surface area contributed by atoms with Gasteiger partial charge in [0.05, 0.1) is 4.90 Å². The summed E-state index contributed by atoms with van der Waals surface area (Å²) in [6, 6.07) is 10.1. The van der Waals surface area contributed by atoms with Crippen LogP contribution >= 0.6 is 11.6 Å². The maximum Gasteiger partial charge on any atom is 0.267 e. The van der Waals surface area contributed by atoms with Crippen LogP contribution in [0.5, 0.6) is 0 Å². The Hall–Kier alpha value is -1.85. The third-order valence-corrected chi connectivity index (χ3v) is 5.97. The zero-order valence-electron chi connectivity index (χ0n) is 14.0. The van der Waals surface area contributed by atoms with Crippen molar-refractivity contribution >= 4 is 27.0 Å². The lowest BCUT2D eigenvalue weighted by Crippen LogP contribution is -2.09. The molecule has 0 atom stereocenters. The van der Waals surface area contributed by atoms with E-state index < -0.39 is 9.84 Å². The van der Waals surface area contributed by atoms with Crippen LogP contribution in [0, 0.1) is 5.92 Å². The first-order chi connectivity index (χ1) is 11.8. The minimum Gasteiger partial charge on any atom is -0.321 e. The number of aromatic amines is 1. The highest BCUT2D eigenvalue weighted by Gasteiger charge is 2.16. The molecule has 0 amide bonds. The highest BCUT2D eigenvalue weighted by atomic mass is 35.5. The standard InChI is InChI=1S/C19H20ClNO3S/c1-25(23,24)15-8-6-14(7-9-15)16(12-13-4-2-3-5-13)18-11-10-17(20)19(22)21-18/h6-13H,2-5H2,1H3,(H,21,22)/b16-12-. The number of sulfone groups is 1. The Balaban J connectivity index is 2.07. The first kappa shape index (κ1) is 18.0. The molecule has 0 bridgehead atoms. The number of hydrogen-bond acceptors (Lipinski definition) is 3. The monoisotopic (exact) mass is 377 g/mol. The lowest BCUT2D eigenvalue weighted by atomic mass is 9.96. The summed E-state index contributed by atoms with van der Waals surface area (Å²) >= 11 is 5.84. The van der Waals surface area contributed by atoms with E-state index in [9.17, 15) is 13.2 Å². The van der Waals surface area contributed by atoms with Crippen molar-refractivity contribution < 1.29 is 8.42 Å². The quantitative estimate of drug-likeness (QED) is 0.873. The number of nitrogens with one attached hydrogen (secondary N) is 1. The topological polar surface area (TPSA) is 67.0 Å². The minimum absolute atomic E-state index is 0.149. The molecule has 3 rings (SSSR count). The summed E-state index contributed by atoms with van der Waals surface area (Å²) in [4.78, 5) is 15.0. The number of benzene rings is 1. The average molecular weight is 378 g/mol. The first-order valence-electron chi connectivity index (χ1n) is 8.26. The van der Waals surface area contributed by atoms with Crippen LogP contribution in [0.4, 0.5) is 0 Å². The van der Waals surface area contributed by atoms with E-state index in [0.717, 1.165) is 24.0 Å². The summed E-state index contributed by atoms with van der Waals surface area (Å²) in [7, 11) is -3.24. The highest BCUT2D eigenvalue weighted by Crippen LogP contribution is 2.31. The molecule has 1 fully saturated rings. The van der Waals surface area contributed by atoms with Crippen molar-refractivity contribution in [3.63, 3.8) is 0 Å². The van der Waals surface area contributed by atoms with E-state index in [4.69, 9.17) is 11.6 Å². The molecular formula is C19H20ClNO3S. The van der Waals surface area contributed by atoms with Crippen molar-refractivity contribution in [1.82, 2.24) is 4.98 Å². The van der Waals surface area contributed by atoms with E-state index >= 15 is 0 Å². The molecular weight excluding hydrogens is 358 g/mol. The third kappa shape index (κ3) is 4.22. The van der Waals surface area contributed by atoms with Gasteiger partial charge in [0.2, 0.25) is 0 Å². The molecule has 1 aromatic carbocycles. The van der Waals surface area contributed by atoms with Gasteiger partial charge in [-0.1, -0.05) is 42.7 Å². The molecule has 1 aliphatic rings. The predicted molar refractivity (Wildman–Crippen MR) is 101 cm³/mol. The SMILES string of the molecule is CS(=O)(=O)c1ccc(/C(=C/C2CCCC2)c2ccc(Cl)c(=O)[nH]2)cc1. The third-order valence-electron chi connectivity index (χ3n) is 4.55. The van der Waals surface area contributed by atoms with Crippen LogP contribution in [0.15, 0.2) is 52.2 Å². The van der Waals surface area contributed by atoms with Gasteiger partial charge in [-0.25, -0.2) is 8.42 Å². The number of H-pyrrole nitrogens is 1. The van der Waals surface area contributed by atoms with Gasteiger partial charge in [0.15, 0.2) is 9.84 Å². The summed E-state index contributed by atoms with van der Waals surface area (Å²) in [5.41, 5.74) is 2.13. The highest BCUT2D eigenvalue weighted by molar-refractivity contribution is 7.90. The van der Waals surface area contributed by atoms with Crippen molar-refractivity contribution in [2.75, 3.05) is 6.26 Å². The molecule has 2 aromatic rings. The molecule has 0 radical (unpaired) electrons. The largest absolute Gasteiger partial charge is 0.321 e. The van der Waals surface area contributed by atoms with Gasteiger partial charge in [-0.15, -0.1) is 0 Å². The van der Waals surface area contributed by atoms with Crippen LogP contribution in [-0.2, 0) is 9.84 Å². The van der Waals surface area contributed by atoms with Gasteiger partial charge in [-0.05, 0) is 48.6 Å². The van der Waals surface area contributed by atoms with Crippen LogP contribution in [-0.4, -0.2) is 19.7 Å². The molecule has 25 heavy (non-hydrogen) atoms. The van der Waals surface area contributed by atoms with E-state index in [1.54, 1.807) is 36.4 Å². The molecule has 1 saturated carbocycles. The Labute approximate surface area is 152 Å². The number of allylic oxidation sites excluding steroid dienone is 1. The molecule has 0 saturated heterocycles. The summed E-state index contributed by atoms with van der Waals surface area (Å²) in [6.07, 6.45) is 8.04. The second-order valence-electron chi connectivity index (χ2n) is 6.47. The number of halogens is 1. The fraction of sp³-hybridized carbons (Fsp3) is 0.316. The number of aromatic nitrogens is 1. The van der Waals surface area contributed by atoms with Gasteiger partial charge in [-0.2, -0.15) is 0 Å². The Kier molecular flexibility index (Phi) is 5.16. The van der Waals surface area contributed by atoms with E-state index in [-0.39, 0.29) is 15.5 Å². The number of pyridine rings is 1. The zero-order chi connectivity index (χ0) is 18.0. The van der Waals surface area contributed by atoms with Gasteiger partial charge in [0.1, 0.15) is 5.02 Å². The average Bonchev–Trinajstić information content (AvgIpc) is 3.08. The Morgan fingerprint density at radius 3 is 2.32 bits per heavy atom. The molecule has 6 heteroatoms. The smallest absolute Gasteiger partial charge is 0.267 e. The number of hydrogen-bond donors (Lipinski definition) is 1. The van der Waals surface area contributed by atoms with E-state index in [1.165, 1.54) is 19.1 Å². The van der Waals surface area contributed by atoms with E-state index in [2.05, 4.69) is 11.1 Å². The predicted octanol–water partition coefficient (Wildman–Crippen LogP) is 4.05. The van der Waals surface area contributed by atoms with Gasteiger partial charge < -0.3 is 4.98 Å². The molecule has 132 valence electrons. The molecule has 1 heterocycles. The Morgan fingerprint density at radius 1 is 1.12 bits per heavy atom.